The third-order valence-corrected chi connectivity index (χ3v) is 2.86. The summed E-state index contributed by atoms with van der Waals surface area (Å²) in [5.41, 5.74) is 8.50. The Hall–Kier alpha value is -1.55. The van der Waals surface area contributed by atoms with Gasteiger partial charge in [-0.25, -0.2) is 0 Å². The van der Waals surface area contributed by atoms with Crippen molar-refractivity contribution >= 4 is 17.3 Å². The van der Waals surface area contributed by atoms with E-state index < -0.39 is 0 Å². The van der Waals surface area contributed by atoms with Gasteiger partial charge in [0, 0.05) is 31.9 Å². The third kappa shape index (κ3) is 4.37. The van der Waals surface area contributed by atoms with Gasteiger partial charge in [-0.3, -0.25) is 4.79 Å². The van der Waals surface area contributed by atoms with E-state index in [-0.39, 0.29) is 5.91 Å². The van der Waals surface area contributed by atoms with Crippen molar-refractivity contribution in [3.8, 4) is 0 Å². The average Bonchev–Trinajstić information content (AvgIpc) is 2.32. The van der Waals surface area contributed by atoms with Crippen LogP contribution in [0.1, 0.15) is 24.8 Å². The highest BCUT2D eigenvalue weighted by Gasteiger charge is 2.05. The van der Waals surface area contributed by atoms with Crippen LogP contribution in [0.3, 0.4) is 0 Å². The number of anilines is 2. The Bertz CT molecular complexity index is 402. The Labute approximate surface area is 109 Å². The maximum Gasteiger partial charge on any atom is 0.224 e. The molecule has 1 amide bonds. The Morgan fingerprint density at radius 1 is 1.33 bits per heavy atom. The molecule has 1 aromatic rings. The predicted octanol–water partition coefficient (Wildman–Crippen LogP) is 2.13. The fraction of sp³-hybridized carbons (Fsp3) is 0.500. The first-order valence-electron chi connectivity index (χ1n) is 6.32. The SMILES string of the molecule is Cc1cc(N(C)C)ccc1NC(=O)CCCCN. The summed E-state index contributed by atoms with van der Waals surface area (Å²) in [6.07, 6.45) is 2.27. The van der Waals surface area contributed by atoms with Crippen LogP contribution in [0.25, 0.3) is 0 Å². The van der Waals surface area contributed by atoms with Crippen molar-refractivity contribution in [3.63, 3.8) is 0 Å². The standard InChI is InChI=1S/C14H23N3O/c1-11-10-12(17(2)3)7-8-13(11)16-14(18)6-4-5-9-15/h7-8,10H,4-6,9,15H2,1-3H3,(H,16,18). The number of hydrogen-bond acceptors (Lipinski definition) is 3. The summed E-state index contributed by atoms with van der Waals surface area (Å²) >= 11 is 0. The minimum atomic E-state index is 0.0594. The van der Waals surface area contributed by atoms with Gasteiger partial charge in [0.05, 0.1) is 0 Å². The second-order valence-corrected chi connectivity index (χ2v) is 4.69. The molecular weight excluding hydrogens is 226 g/mol. The van der Waals surface area contributed by atoms with Gasteiger partial charge in [-0.2, -0.15) is 0 Å². The highest BCUT2D eigenvalue weighted by Crippen LogP contribution is 2.21. The lowest BCUT2D eigenvalue weighted by Gasteiger charge is -2.15. The summed E-state index contributed by atoms with van der Waals surface area (Å²) in [6.45, 7) is 2.65. The van der Waals surface area contributed by atoms with Crippen molar-refractivity contribution < 1.29 is 4.79 Å². The van der Waals surface area contributed by atoms with Gasteiger partial charge in [0.15, 0.2) is 0 Å². The topological polar surface area (TPSA) is 58.4 Å². The molecule has 0 saturated carbocycles. The van der Waals surface area contributed by atoms with Crippen molar-refractivity contribution in [2.24, 2.45) is 5.73 Å². The molecule has 1 aromatic carbocycles. The van der Waals surface area contributed by atoms with Crippen molar-refractivity contribution in [1.29, 1.82) is 0 Å². The summed E-state index contributed by atoms with van der Waals surface area (Å²) in [5, 5.41) is 2.94. The number of nitrogens with two attached hydrogens (primary N) is 1. The molecule has 0 aliphatic rings. The fourth-order valence-electron chi connectivity index (χ4n) is 1.71. The van der Waals surface area contributed by atoms with E-state index in [4.69, 9.17) is 5.73 Å². The fourth-order valence-corrected chi connectivity index (χ4v) is 1.71. The lowest BCUT2D eigenvalue weighted by atomic mass is 10.1. The summed E-state index contributed by atoms with van der Waals surface area (Å²) in [7, 11) is 4.00. The van der Waals surface area contributed by atoms with Crippen LogP contribution >= 0.6 is 0 Å². The number of benzene rings is 1. The second-order valence-electron chi connectivity index (χ2n) is 4.69. The summed E-state index contributed by atoms with van der Waals surface area (Å²) in [5.74, 6) is 0.0594. The van der Waals surface area contributed by atoms with E-state index in [2.05, 4.69) is 11.4 Å². The molecule has 4 heteroatoms. The van der Waals surface area contributed by atoms with Crippen LogP contribution in [-0.4, -0.2) is 26.5 Å². The molecule has 3 N–H and O–H groups in total. The zero-order chi connectivity index (χ0) is 13.5. The minimum Gasteiger partial charge on any atom is -0.378 e. The number of aryl methyl sites for hydroxylation is 1. The lowest BCUT2D eigenvalue weighted by molar-refractivity contribution is -0.116. The Balaban J connectivity index is 2.59. The molecular formula is C14H23N3O. The van der Waals surface area contributed by atoms with Crippen molar-refractivity contribution in [2.75, 3.05) is 30.9 Å². The zero-order valence-corrected chi connectivity index (χ0v) is 11.5. The van der Waals surface area contributed by atoms with E-state index in [1.165, 1.54) is 0 Å². The second kappa shape index (κ2) is 7.01. The van der Waals surface area contributed by atoms with Gasteiger partial charge < -0.3 is 16.0 Å². The van der Waals surface area contributed by atoms with Gasteiger partial charge >= 0.3 is 0 Å². The smallest absolute Gasteiger partial charge is 0.224 e. The molecule has 0 aromatic heterocycles. The molecule has 0 aliphatic heterocycles. The molecule has 0 fully saturated rings. The number of unbranched alkanes of at least 4 members (excludes halogenated alkanes) is 1. The first-order chi connectivity index (χ1) is 8.54. The van der Waals surface area contributed by atoms with Gasteiger partial charge in [-0.15, -0.1) is 0 Å². The highest BCUT2D eigenvalue weighted by atomic mass is 16.1. The molecule has 0 aliphatic carbocycles. The quantitative estimate of drug-likeness (QED) is 0.759. The van der Waals surface area contributed by atoms with E-state index in [1.807, 2.05) is 38.1 Å². The molecule has 0 heterocycles. The Morgan fingerprint density at radius 2 is 2.06 bits per heavy atom. The molecule has 0 radical (unpaired) electrons. The van der Waals surface area contributed by atoms with Gasteiger partial charge in [-0.1, -0.05) is 0 Å². The lowest BCUT2D eigenvalue weighted by Crippen LogP contribution is -2.14. The summed E-state index contributed by atoms with van der Waals surface area (Å²) in [6, 6.07) is 6.02. The van der Waals surface area contributed by atoms with Gasteiger partial charge in [0.1, 0.15) is 0 Å². The van der Waals surface area contributed by atoms with Crippen LogP contribution in [0.5, 0.6) is 0 Å². The number of amides is 1. The Kier molecular flexibility index (Phi) is 5.65. The number of rotatable bonds is 6. The van der Waals surface area contributed by atoms with Gasteiger partial charge in [0.2, 0.25) is 5.91 Å². The summed E-state index contributed by atoms with van der Waals surface area (Å²) in [4.78, 5) is 13.7. The van der Waals surface area contributed by atoms with Crippen molar-refractivity contribution in [1.82, 2.24) is 0 Å². The number of carbonyl (C=O) groups excluding carboxylic acids is 1. The van der Waals surface area contributed by atoms with E-state index >= 15 is 0 Å². The number of nitrogens with zero attached hydrogens (tertiary/aromatic N) is 1. The Morgan fingerprint density at radius 3 is 2.61 bits per heavy atom. The largest absolute Gasteiger partial charge is 0.378 e. The number of nitrogens with one attached hydrogen (secondary N) is 1. The first kappa shape index (κ1) is 14.5. The van der Waals surface area contributed by atoms with E-state index in [9.17, 15) is 4.79 Å². The van der Waals surface area contributed by atoms with Crippen LogP contribution in [0.2, 0.25) is 0 Å². The first-order valence-corrected chi connectivity index (χ1v) is 6.32. The third-order valence-electron chi connectivity index (χ3n) is 2.86. The number of hydrogen-bond donors (Lipinski definition) is 2. The molecule has 4 nitrogen and oxygen atoms in total. The van der Waals surface area contributed by atoms with E-state index in [1.54, 1.807) is 0 Å². The monoisotopic (exact) mass is 249 g/mol. The molecule has 0 saturated heterocycles. The van der Waals surface area contributed by atoms with Crippen molar-refractivity contribution in [2.45, 2.75) is 26.2 Å². The number of carbonyl (C=O) groups is 1. The minimum absolute atomic E-state index is 0.0594. The zero-order valence-electron chi connectivity index (χ0n) is 11.5. The maximum atomic E-state index is 11.7. The van der Waals surface area contributed by atoms with E-state index in [0.717, 1.165) is 29.8 Å². The van der Waals surface area contributed by atoms with Crippen molar-refractivity contribution in [3.05, 3.63) is 23.8 Å². The molecule has 18 heavy (non-hydrogen) atoms. The molecule has 0 atom stereocenters. The molecule has 100 valence electrons. The molecule has 0 bridgehead atoms. The van der Waals surface area contributed by atoms with Crippen LogP contribution < -0.4 is 16.0 Å². The van der Waals surface area contributed by atoms with Crippen LogP contribution in [0, 0.1) is 6.92 Å². The molecule has 0 spiro atoms. The maximum absolute atomic E-state index is 11.7. The van der Waals surface area contributed by atoms with Crippen LogP contribution in [0.15, 0.2) is 18.2 Å². The van der Waals surface area contributed by atoms with Gasteiger partial charge in [0.25, 0.3) is 0 Å². The molecule has 0 unspecified atom stereocenters. The molecule has 1 rings (SSSR count). The summed E-state index contributed by atoms with van der Waals surface area (Å²) < 4.78 is 0. The predicted molar refractivity (Wildman–Crippen MR) is 77.0 cm³/mol. The van der Waals surface area contributed by atoms with Crippen LogP contribution in [0.4, 0.5) is 11.4 Å². The highest BCUT2D eigenvalue weighted by molar-refractivity contribution is 5.91. The van der Waals surface area contributed by atoms with E-state index in [0.29, 0.717) is 13.0 Å². The van der Waals surface area contributed by atoms with Crippen LogP contribution in [-0.2, 0) is 4.79 Å². The normalized spacial score (nSPS) is 10.2. The van der Waals surface area contributed by atoms with Gasteiger partial charge in [-0.05, 0) is 50.1 Å². The average molecular weight is 249 g/mol.